The van der Waals surface area contributed by atoms with Crippen LogP contribution in [0.3, 0.4) is 0 Å². The van der Waals surface area contributed by atoms with Gasteiger partial charge in [0.2, 0.25) is 0 Å². The summed E-state index contributed by atoms with van der Waals surface area (Å²) in [5, 5.41) is 3.74. The van der Waals surface area contributed by atoms with Crippen LogP contribution in [0, 0.1) is 10.8 Å². The first-order valence-electron chi connectivity index (χ1n) is 7.60. The normalized spacial score (nSPS) is 36.2. The first-order valence-corrected chi connectivity index (χ1v) is 7.60. The van der Waals surface area contributed by atoms with E-state index >= 15 is 0 Å². The van der Waals surface area contributed by atoms with Gasteiger partial charge in [-0.1, -0.05) is 34.6 Å². The van der Waals surface area contributed by atoms with E-state index in [4.69, 9.17) is 4.74 Å². The number of morpholine rings is 1. The molecule has 1 aliphatic heterocycles. The van der Waals surface area contributed by atoms with Crippen molar-refractivity contribution in [2.45, 2.75) is 78.4 Å². The predicted molar refractivity (Wildman–Crippen MR) is 76.8 cm³/mol. The van der Waals surface area contributed by atoms with Crippen LogP contribution in [0.2, 0.25) is 0 Å². The van der Waals surface area contributed by atoms with Crippen molar-refractivity contribution in [3.05, 3.63) is 0 Å². The van der Waals surface area contributed by atoms with Gasteiger partial charge < -0.3 is 10.1 Å². The molecule has 0 aromatic carbocycles. The van der Waals surface area contributed by atoms with E-state index in [1.54, 1.807) is 0 Å². The Morgan fingerprint density at radius 1 is 1.22 bits per heavy atom. The summed E-state index contributed by atoms with van der Waals surface area (Å²) in [4.78, 5) is 0. The van der Waals surface area contributed by atoms with Gasteiger partial charge in [0, 0.05) is 12.6 Å². The van der Waals surface area contributed by atoms with E-state index in [0.717, 1.165) is 13.2 Å². The second-order valence-corrected chi connectivity index (χ2v) is 8.36. The van der Waals surface area contributed by atoms with Gasteiger partial charge in [0.05, 0.1) is 12.2 Å². The lowest BCUT2D eigenvalue weighted by Gasteiger charge is -2.44. The fraction of sp³-hybridized carbons (Fsp3) is 1.00. The molecule has 1 spiro atoms. The van der Waals surface area contributed by atoms with Crippen LogP contribution in [0.25, 0.3) is 0 Å². The lowest BCUT2D eigenvalue weighted by atomic mass is 9.80. The molecule has 1 saturated heterocycles. The van der Waals surface area contributed by atoms with E-state index in [9.17, 15) is 0 Å². The second-order valence-electron chi connectivity index (χ2n) is 8.36. The Labute approximate surface area is 113 Å². The summed E-state index contributed by atoms with van der Waals surface area (Å²) in [5.41, 5.74) is 1.01. The standard InChI is InChI=1S/C16H31NO/c1-14(2,3)7-6-13-16(18-11-10-17-13)9-8-15(4,5)12-16/h13,17H,6-12H2,1-5H3. The van der Waals surface area contributed by atoms with Gasteiger partial charge >= 0.3 is 0 Å². The van der Waals surface area contributed by atoms with Crippen LogP contribution in [-0.2, 0) is 4.74 Å². The minimum atomic E-state index is 0.132. The maximum absolute atomic E-state index is 6.28. The molecule has 1 aliphatic carbocycles. The molecule has 2 rings (SSSR count). The third-order valence-corrected chi connectivity index (χ3v) is 4.70. The lowest BCUT2D eigenvalue weighted by molar-refractivity contribution is -0.100. The number of ether oxygens (including phenoxy) is 1. The van der Waals surface area contributed by atoms with Gasteiger partial charge in [-0.25, -0.2) is 0 Å². The summed E-state index contributed by atoms with van der Waals surface area (Å²) >= 11 is 0. The van der Waals surface area contributed by atoms with Crippen molar-refractivity contribution in [2.75, 3.05) is 13.2 Å². The van der Waals surface area contributed by atoms with Gasteiger partial charge in [-0.05, 0) is 42.9 Å². The molecule has 2 aliphatic rings. The van der Waals surface area contributed by atoms with Gasteiger partial charge in [0.15, 0.2) is 0 Å². The molecule has 0 aromatic rings. The largest absolute Gasteiger partial charge is 0.372 e. The van der Waals surface area contributed by atoms with Crippen molar-refractivity contribution < 1.29 is 4.74 Å². The maximum atomic E-state index is 6.28. The third-order valence-electron chi connectivity index (χ3n) is 4.70. The van der Waals surface area contributed by atoms with Crippen molar-refractivity contribution >= 4 is 0 Å². The predicted octanol–water partition coefficient (Wildman–Crippen LogP) is 3.75. The zero-order valence-corrected chi connectivity index (χ0v) is 12.9. The fourth-order valence-electron chi connectivity index (χ4n) is 3.67. The van der Waals surface area contributed by atoms with Crippen LogP contribution in [0.15, 0.2) is 0 Å². The highest BCUT2D eigenvalue weighted by Crippen LogP contribution is 2.49. The minimum Gasteiger partial charge on any atom is -0.372 e. The Morgan fingerprint density at radius 2 is 1.94 bits per heavy atom. The number of hydrogen-bond acceptors (Lipinski definition) is 2. The Balaban J connectivity index is 2.03. The van der Waals surface area contributed by atoms with Gasteiger partial charge in [-0.15, -0.1) is 0 Å². The lowest BCUT2D eigenvalue weighted by Crippen LogP contribution is -2.57. The minimum absolute atomic E-state index is 0.132. The number of nitrogens with one attached hydrogen (secondary N) is 1. The smallest absolute Gasteiger partial charge is 0.0840 e. The van der Waals surface area contributed by atoms with E-state index in [-0.39, 0.29) is 5.60 Å². The number of rotatable bonds is 2. The summed E-state index contributed by atoms with van der Waals surface area (Å²) in [7, 11) is 0. The maximum Gasteiger partial charge on any atom is 0.0840 e. The first-order chi connectivity index (χ1) is 8.23. The van der Waals surface area contributed by atoms with Gasteiger partial charge in [0.25, 0.3) is 0 Å². The van der Waals surface area contributed by atoms with Crippen molar-refractivity contribution in [3.63, 3.8) is 0 Å². The fourth-order valence-corrected chi connectivity index (χ4v) is 3.67. The molecule has 106 valence electrons. The molecule has 2 atom stereocenters. The molecule has 2 heteroatoms. The van der Waals surface area contributed by atoms with Crippen molar-refractivity contribution in [1.29, 1.82) is 0 Å². The molecule has 0 radical (unpaired) electrons. The highest BCUT2D eigenvalue weighted by Gasteiger charge is 2.50. The zero-order chi connectivity index (χ0) is 13.4. The van der Waals surface area contributed by atoms with E-state index < -0.39 is 0 Å². The Bertz CT molecular complexity index is 292. The van der Waals surface area contributed by atoms with E-state index in [2.05, 4.69) is 39.9 Å². The van der Waals surface area contributed by atoms with E-state index in [1.807, 2.05) is 0 Å². The summed E-state index contributed by atoms with van der Waals surface area (Å²) in [5.74, 6) is 0. The Hall–Kier alpha value is -0.0800. The molecule has 0 bridgehead atoms. The average molecular weight is 253 g/mol. The molecule has 2 unspecified atom stereocenters. The summed E-state index contributed by atoms with van der Waals surface area (Å²) in [6.07, 6.45) is 6.29. The monoisotopic (exact) mass is 253 g/mol. The van der Waals surface area contributed by atoms with Gasteiger partial charge in [-0.3, -0.25) is 0 Å². The van der Waals surface area contributed by atoms with Crippen molar-refractivity contribution in [1.82, 2.24) is 5.32 Å². The molecule has 1 N–H and O–H groups in total. The summed E-state index contributed by atoms with van der Waals surface area (Å²) in [6, 6.07) is 0.562. The SMILES string of the molecule is CC(C)(C)CCC1NCCOC12CCC(C)(C)C2. The Morgan fingerprint density at radius 3 is 2.50 bits per heavy atom. The highest BCUT2D eigenvalue weighted by atomic mass is 16.5. The van der Waals surface area contributed by atoms with E-state index in [1.165, 1.54) is 32.1 Å². The summed E-state index contributed by atoms with van der Waals surface area (Å²) in [6.45, 7) is 13.7. The van der Waals surface area contributed by atoms with Gasteiger partial charge in [0.1, 0.15) is 0 Å². The van der Waals surface area contributed by atoms with Crippen LogP contribution in [0.1, 0.15) is 66.7 Å². The van der Waals surface area contributed by atoms with Crippen LogP contribution in [-0.4, -0.2) is 24.8 Å². The summed E-state index contributed by atoms with van der Waals surface area (Å²) < 4.78 is 6.28. The Kier molecular flexibility index (Phi) is 3.81. The average Bonchev–Trinajstić information content (AvgIpc) is 2.53. The van der Waals surface area contributed by atoms with Crippen LogP contribution < -0.4 is 5.32 Å². The zero-order valence-electron chi connectivity index (χ0n) is 12.9. The molecule has 2 fully saturated rings. The van der Waals surface area contributed by atoms with Crippen LogP contribution in [0.4, 0.5) is 0 Å². The highest BCUT2D eigenvalue weighted by molar-refractivity contribution is 5.04. The molecule has 0 aromatic heterocycles. The molecule has 18 heavy (non-hydrogen) atoms. The molecular weight excluding hydrogens is 222 g/mol. The molecular formula is C16H31NO. The van der Waals surface area contributed by atoms with Crippen molar-refractivity contribution in [2.24, 2.45) is 10.8 Å². The topological polar surface area (TPSA) is 21.3 Å². The molecule has 2 nitrogen and oxygen atoms in total. The quantitative estimate of drug-likeness (QED) is 0.809. The third kappa shape index (κ3) is 3.27. The first kappa shape index (κ1) is 14.3. The molecule has 1 heterocycles. The van der Waals surface area contributed by atoms with Crippen LogP contribution in [0.5, 0.6) is 0 Å². The number of hydrogen-bond donors (Lipinski definition) is 1. The second kappa shape index (κ2) is 4.79. The van der Waals surface area contributed by atoms with E-state index in [0.29, 0.717) is 16.9 Å². The van der Waals surface area contributed by atoms with Gasteiger partial charge in [-0.2, -0.15) is 0 Å². The molecule has 0 amide bonds. The van der Waals surface area contributed by atoms with Crippen LogP contribution >= 0.6 is 0 Å². The molecule has 1 saturated carbocycles. The van der Waals surface area contributed by atoms with Crippen molar-refractivity contribution in [3.8, 4) is 0 Å².